The third-order valence-electron chi connectivity index (χ3n) is 3.53. The summed E-state index contributed by atoms with van der Waals surface area (Å²) in [6, 6.07) is 18.1. The van der Waals surface area contributed by atoms with Crippen molar-refractivity contribution in [1.29, 1.82) is 0 Å². The van der Waals surface area contributed by atoms with Crippen molar-refractivity contribution in [3.63, 3.8) is 0 Å². The minimum Gasteiger partial charge on any atom is -0.439 e. The fraction of sp³-hybridized carbons (Fsp3) is 0. The van der Waals surface area contributed by atoms with Gasteiger partial charge in [-0.2, -0.15) is 5.10 Å². The number of aromatic nitrogens is 3. The van der Waals surface area contributed by atoms with Crippen LogP contribution in [0.5, 0.6) is 11.6 Å². The Morgan fingerprint density at radius 2 is 1.74 bits per heavy atom. The normalized spacial score (nSPS) is 10.8. The molecule has 0 bridgehead atoms. The highest BCUT2D eigenvalue weighted by Gasteiger charge is 2.12. The molecule has 0 fully saturated rings. The highest BCUT2D eigenvalue weighted by Crippen LogP contribution is 2.29. The first kappa shape index (κ1) is 13.5. The maximum Gasteiger partial charge on any atom is 0.219 e. The van der Waals surface area contributed by atoms with E-state index in [2.05, 4.69) is 15.2 Å². The van der Waals surface area contributed by atoms with Gasteiger partial charge in [0.15, 0.2) is 5.82 Å². The number of pyridine rings is 1. The Morgan fingerprint density at radius 1 is 0.913 bits per heavy atom. The van der Waals surface area contributed by atoms with Gasteiger partial charge < -0.3 is 4.74 Å². The van der Waals surface area contributed by atoms with Gasteiger partial charge in [0.1, 0.15) is 11.3 Å². The number of H-pyrrole nitrogens is 1. The van der Waals surface area contributed by atoms with Crippen molar-refractivity contribution >= 4 is 10.9 Å². The second-order valence-corrected chi connectivity index (χ2v) is 5.03. The van der Waals surface area contributed by atoms with Gasteiger partial charge in [-0.3, -0.25) is 5.10 Å². The minimum absolute atomic E-state index is 0.269. The van der Waals surface area contributed by atoms with Crippen molar-refractivity contribution in [2.24, 2.45) is 0 Å². The van der Waals surface area contributed by atoms with Gasteiger partial charge in [0.2, 0.25) is 5.88 Å². The fourth-order valence-electron chi connectivity index (χ4n) is 2.42. The van der Waals surface area contributed by atoms with Gasteiger partial charge in [-0.15, -0.1) is 0 Å². The van der Waals surface area contributed by atoms with E-state index in [0.29, 0.717) is 28.3 Å². The SMILES string of the molecule is Fc1c(-c2ccn[nH]2)ccc2ccc(Oc3ccccc3)nc12. The molecule has 0 spiro atoms. The molecule has 0 aliphatic rings. The van der Waals surface area contributed by atoms with Crippen LogP contribution in [0.3, 0.4) is 0 Å². The first-order valence-corrected chi connectivity index (χ1v) is 7.13. The van der Waals surface area contributed by atoms with Crippen LogP contribution in [0.25, 0.3) is 22.2 Å². The molecular weight excluding hydrogens is 293 g/mol. The molecule has 0 saturated carbocycles. The summed E-state index contributed by atoms with van der Waals surface area (Å²) in [4.78, 5) is 4.31. The molecule has 2 aromatic carbocycles. The monoisotopic (exact) mass is 305 g/mol. The number of ether oxygens (including phenoxy) is 1. The zero-order chi connectivity index (χ0) is 15.6. The molecule has 2 aromatic heterocycles. The Morgan fingerprint density at radius 3 is 2.52 bits per heavy atom. The molecule has 5 heteroatoms. The summed E-state index contributed by atoms with van der Waals surface area (Å²) >= 11 is 0. The van der Waals surface area contributed by atoms with Gasteiger partial charge in [-0.1, -0.05) is 24.3 Å². The Kier molecular flexibility index (Phi) is 3.24. The van der Waals surface area contributed by atoms with E-state index in [4.69, 9.17) is 4.74 Å². The quantitative estimate of drug-likeness (QED) is 0.604. The van der Waals surface area contributed by atoms with Crippen LogP contribution in [0.1, 0.15) is 0 Å². The zero-order valence-electron chi connectivity index (χ0n) is 12.0. The first-order valence-electron chi connectivity index (χ1n) is 7.13. The van der Waals surface area contributed by atoms with Crippen molar-refractivity contribution in [1.82, 2.24) is 15.2 Å². The molecule has 0 amide bonds. The number of hydrogen-bond acceptors (Lipinski definition) is 3. The number of aromatic amines is 1. The standard InChI is InChI=1S/C18H12FN3O/c19-17-14(15-10-11-20-22-15)8-6-12-7-9-16(21-18(12)17)23-13-4-2-1-3-5-13/h1-11H,(H,20,22). The van der Waals surface area contributed by atoms with E-state index < -0.39 is 5.82 Å². The van der Waals surface area contributed by atoms with Crippen LogP contribution in [0.4, 0.5) is 4.39 Å². The lowest BCUT2D eigenvalue weighted by Gasteiger charge is -2.08. The molecular formula is C18H12FN3O. The third-order valence-corrected chi connectivity index (χ3v) is 3.53. The number of para-hydroxylation sites is 1. The van der Waals surface area contributed by atoms with E-state index in [1.807, 2.05) is 36.4 Å². The Labute approximate surface area is 131 Å². The molecule has 1 N–H and O–H groups in total. The lowest BCUT2D eigenvalue weighted by Crippen LogP contribution is -1.93. The Balaban J connectivity index is 1.79. The molecule has 4 rings (SSSR count). The average molecular weight is 305 g/mol. The summed E-state index contributed by atoms with van der Waals surface area (Å²) in [5.74, 6) is 0.610. The molecule has 0 unspecified atom stereocenters. The number of hydrogen-bond donors (Lipinski definition) is 1. The van der Waals surface area contributed by atoms with Gasteiger partial charge in [-0.05, 0) is 30.3 Å². The summed E-state index contributed by atoms with van der Waals surface area (Å²) in [7, 11) is 0. The second-order valence-electron chi connectivity index (χ2n) is 5.03. The van der Waals surface area contributed by atoms with Gasteiger partial charge >= 0.3 is 0 Å². The molecule has 0 aliphatic carbocycles. The first-order chi connectivity index (χ1) is 11.3. The predicted octanol–water partition coefficient (Wildman–Crippen LogP) is 4.56. The summed E-state index contributed by atoms with van der Waals surface area (Å²) in [5, 5.41) is 7.33. The van der Waals surface area contributed by atoms with Crippen LogP contribution < -0.4 is 4.74 Å². The van der Waals surface area contributed by atoms with Crippen LogP contribution in [0.2, 0.25) is 0 Å². The molecule has 4 nitrogen and oxygen atoms in total. The van der Waals surface area contributed by atoms with Crippen molar-refractivity contribution < 1.29 is 9.13 Å². The lowest BCUT2D eigenvalue weighted by molar-refractivity contribution is 0.464. The van der Waals surface area contributed by atoms with E-state index in [0.717, 1.165) is 0 Å². The van der Waals surface area contributed by atoms with E-state index >= 15 is 0 Å². The molecule has 0 aliphatic heterocycles. The fourth-order valence-corrected chi connectivity index (χ4v) is 2.42. The lowest BCUT2D eigenvalue weighted by atomic mass is 10.1. The molecule has 112 valence electrons. The van der Waals surface area contributed by atoms with Crippen LogP contribution in [0.15, 0.2) is 66.9 Å². The molecule has 23 heavy (non-hydrogen) atoms. The van der Waals surface area contributed by atoms with Crippen molar-refractivity contribution in [3.8, 4) is 22.9 Å². The molecule has 0 saturated heterocycles. The highest BCUT2D eigenvalue weighted by molar-refractivity contribution is 5.85. The zero-order valence-corrected chi connectivity index (χ0v) is 12.0. The average Bonchev–Trinajstić information content (AvgIpc) is 3.11. The van der Waals surface area contributed by atoms with Crippen LogP contribution in [-0.4, -0.2) is 15.2 Å². The minimum atomic E-state index is -0.398. The molecule has 2 heterocycles. The number of benzene rings is 2. The predicted molar refractivity (Wildman–Crippen MR) is 85.8 cm³/mol. The maximum absolute atomic E-state index is 14.8. The number of halogens is 1. The van der Waals surface area contributed by atoms with Crippen LogP contribution >= 0.6 is 0 Å². The van der Waals surface area contributed by atoms with Crippen molar-refractivity contribution in [3.05, 3.63) is 72.7 Å². The van der Waals surface area contributed by atoms with Crippen molar-refractivity contribution in [2.45, 2.75) is 0 Å². The van der Waals surface area contributed by atoms with Gasteiger partial charge in [0.05, 0.1) is 5.69 Å². The van der Waals surface area contributed by atoms with Crippen LogP contribution in [-0.2, 0) is 0 Å². The summed E-state index contributed by atoms with van der Waals surface area (Å²) in [6.45, 7) is 0. The van der Waals surface area contributed by atoms with Gasteiger partial charge in [0, 0.05) is 23.2 Å². The van der Waals surface area contributed by atoms with Crippen molar-refractivity contribution in [2.75, 3.05) is 0 Å². The summed E-state index contributed by atoms with van der Waals surface area (Å²) in [5.41, 5.74) is 1.31. The second kappa shape index (κ2) is 5.53. The number of nitrogens with one attached hydrogen (secondary N) is 1. The van der Waals surface area contributed by atoms with E-state index in [-0.39, 0.29) is 5.52 Å². The summed E-state index contributed by atoms with van der Waals surface area (Å²) in [6.07, 6.45) is 1.58. The van der Waals surface area contributed by atoms with E-state index in [9.17, 15) is 4.39 Å². The summed E-state index contributed by atoms with van der Waals surface area (Å²) < 4.78 is 20.5. The molecule has 4 aromatic rings. The molecule has 0 atom stereocenters. The van der Waals surface area contributed by atoms with E-state index in [1.54, 1.807) is 30.5 Å². The third kappa shape index (κ3) is 2.53. The number of fused-ring (bicyclic) bond motifs is 1. The smallest absolute Gasteiger partial charge is 0.219 e. The van der Waals surface area contributed by atoms with Gasteiger partial charge in [-0.25, -0.2) is 9.37 Å². The topological polar surface area (TPSA) is 50.8 Å². The largest absolute Gasteiger partial charge is 0.439 e. The van der Waals surface area contributed by atoms with Gasteiger partial charge in [0.25, 0.3) is 0 Å². The number of rotatable bonds is 3. The highest BCUT2D eigenvalue weighted by atomic mass is 19.1. The Hall–Kier alpha value is -3.21. The maximum atomic E-state index is 14.8. The van der Waals surface area contributed by atoms with E-state index in [1.165, 1.54) is 0 Å². The number of nitrogens with zero attached hydrogens (tertiary/aromatic N) is 2. The van der Waals surface area contributed by atoms with Crippen LogP contribution in [0, 0.1) is 5.82 Å². The molecule has 0 radical (unpaired) electrons. The Bertz CT molecular complexity index is 953.